The SMILES string of the molecule is CSCC[C@@H](N)C(=O)NC1(C(=O)O)CCOCC1. The number of hydrogen-bond acceptors (Lipinski definition) is 5. The molecule has 7 heteroatoms. The summed E-state index contributed by atoms with van der Waals surface area (Å²) in [6, 6.07) is -0.656. The molecule has 104 valence electrons. The van der Waals surface area contributed by atoms with E-state index >= 15 is 0 Å². The van der Waals surface area contributed by atoms with Gasteiger partial charge in [0, 0.05) is 26.1 Å². The van der Waals surface area contributed by atoms with E-state index < -0.39 is 23.5 Å². The minimum Gasteiger partial charge on any atom is -0.480 e. The summed E-state index contributed by atoms with van der Waals surface area (Å²) in [7, 11) is 0. The summed E-state index contributed by atoms with van der Waals surface area (Å²) >= 11 is 1.60. The van der Waals surface area contributed by atoms with Crippen LogP contribution in [0, 0.1) is 0 Å². The van der Waals surface area contributed by atoms with Crippen LogP contribution in [0.5, 0.6) is 0 Å². The molecule has 0 spiro atoms. The van der Waals surface area contributed by atoms with Crippen LogP contribution in [0.4, 0.5) is 0 Å². The van der Waals surface area contributed by atoms with Gasteiger partial charge in [-0.2, -0.15) is 11.8 Å². The van der Waals surface area contributed by atoms with E-state index in [0.717, 1.165) is 5.75 Å². The maximum absolute atomic E-state index is 11.9. The minimum atomic E-state index is -1.22. The molecule has 6 nitrogen and oxygen atoms in total. The molecule has 0 aromatic heterocycles. The molecule has 0 radical (unpaired) electrons. The molecule has 1 atom stereocenters. The molecule has 18 heavy (non-hydrogen) atoms. The lowest BCUT2D eigenvalue weighted by Gasteiger charge is -2.34. The van der Waals surface area contributed by atoms with Crippen molar-refractivity contribution in [1.29, 1.82) is 0 Å². The van der Waals surface area contributed by atoms with Gasteiger partial charge in [-0.3, -0.25) is 4.79 Å². The van der Waals surface area contributed by atoms with Crippen LogP contribution < -0.4 is 11.1 Å². The van der Waals surface area contributed by atoms with Gasteiger partial charge in [0.25, 0.3) is 0 Å². The monoisotopic (exact) mass is 276 g/mol. The average molecular weight is 276 g/mol. The number of ether oxygens (including phenoxy) is 1. The third kappa shape index (κ3) is 3.86. The van der Waals surface area contributed by atoms with E-state index in [1.807, 2.05) is 6.26 Å². The van der Waals surface area contributed by atoms with Crippen molar-refractivity contribution in [1.82, 2.24) is 5.32 Å². The van der Waals surface area contributed by atoms with Crippen LogP contribution in [-0.2, 0) is 14.3 Å². The van der Waals surface area contributed by atoms with Crippen molar-refractivity contribution >= 4 is 23.6 Å². The topological polar surface area (TPSA) is 102 Å². The predicted molar refractivity (Wildman–Crippen MR) is 69.5 cm³/mol. The number of carbonyl (C=O) groups excluding carboxylic acids is 1. The highest BCUT2D eigenvalue weighted by Crippen LogP contribution is 2.21. The fourth-order valence-corrected chi connectivity index (χ4v) is 2.31. The third-order valence-corrected chi connectivity index (χ3v) is 3.73. The quantitative estimate of drug-likeness (QED) is 0.622. The first kappa shape index (κ1) is 15.3. The van der Waals surface area contributed by atoms with Crippen molar-refractivity contribution < 1.29 is 19.4 Å². The molecule has 1 rings (SSSR count). The number of rotatable bonds is 6. The molecule has 1 aliphatic heterocycles. The van der Waals surface area contributed by atoms with E-state index in [2.05, 4.69) is 5.32 Å². The molecule has 1 fully saturated rings. The van der Waals surface area contributed by atoms with Gasteiger partial charge in [-0.15, -0.1) is 0 Å². The number of hydrogen-bond donors (Lipinski definition) is 3. The lowest BCUT2D eigenvalue weighted by molar-refractivity contribution is -0.152. The Bertz CT molecular complexity index is 305. The molecule has 1 heterocycles. The predicted octanol–water partition coefficient (Wildman–Crippen LogP) is -0.183. The number of thioether (sulfide) groups is 1. The van der Waals surface area contributed by atoms with Crippen molar-refractivity contribution in [3.8, 4) is 0 Å². The second-order valence-electron chi connectivity index (χ2n) is 4.38. The molecular formula is C11H20N2O4S. The van der Waals surface area contributed by atoms with E-state index in [-0.39, 0.29) is 12.8 Å². The molecule has 0 aromatic carbocycles. The Morgan fingerprint density at radius 1 is 1.50 bits per heavy atom. The summed E-state index contributed by atoms with van der Waals surface area (Å²) in [5.41, 5.74) is 4.51. The van der Waals surface area contributed by atoms with E-state index in [0.29, 0.717) is 19.6 Å². The Morgan fingerprint density at radius 2 is 2.11 bits per heavy atom. The fourth-order valence-electron chi connectivity index (χ4n) is 1.82. The molecule has 1 amide bonds. The molecule has 0 unspecified atom stereocenters. The highest BCUT2D eigenvalue weighted by Gasteiger charge is 2.42. The highest BCUT2D eigenvalue weighted by molar-refractivity contribution is 7.98. The zero-order valence-corrected chi connectivity index (χ0v) is 11.3. The average Bonchev–Trinajstić information content (AvgIpc) is 2.36. The van der Waals surface area contributed by atoms with Gasteiger partial charge in [0.05, 0.1) is 6.04 Å². The van der Waals surface area contributed by atoms with Crippen LogP contribution in [0.25, 0.3) is 0 Å². The van der Waals surface area contributed by atoms with Gasteiger partial charge >= 0.3 is 5.97 Å². The summed E-state index contributed by atoms with van der Waals surface area (Å²) in [4.78, 5) is 23.2. The lowest BCUT2D eigenvalue weighted by atomic mass is 9.89. The summed E-state index contributed by atoms with van der Waals surface area (Å²) in [6.07, 6.45) is 3.04. The highest BCUT2D eigenvalue weighted by atomic mass is 32.2. The van der Waals surface area contributed by atoms with Crippen LogP contribution in [-0.4, -0.2) is 53.8 Å². The first-order valence-electron chi connectivity index (χ1n) is 5.89. The van der Waals surface area contributed by atoms with Gasteiger partial charge in [0.1, 0.15) is 5.54 Å². The molecule has 1 saturated heterocycles. The summed E-state index contributed by atoms with van der Waals surface area (Å²) in [5.74, 6) is -0.637. The molecular weight excluding hydrogens is 256 g/mol. The Morgan fingerprint density at radius 3 is 2.61 bits per heavy atom. The van der Waals surface area contributed by atoms with Crippen molar-refractivity contribution in [2.45, 2.75) is 30.8 Å². The number of carboxylic acids is 1. The second-order valence-corrected chi connectivity index (χ2v) is 5.36. The Balaban J connectivity index is 2.60. The Labute approximate surface area is 111 Å². The van der Waals surface area contributed by atoms with Crippen LogP contribution in [0.1, 0.15) is 19.3 Å². The van der Waals surface area contributed by atoms with Gasteiger partial charge in [-0.05, 0) is 18.4 Å². The van der Waals surface area contributed by atoms with Gasteiger partial charge in [0.15, 0.2) is 0 Å². The maximum Gasteiger partial charge on any atom is 0.329 e. The van der Waals surface area contributed by atoms with Gasteiger partial charge in [-0.25, -0.2) is 4.79 Å². The number of nitrogens with two attached hydrogens (primary N) is 1. The van der Waals surface area contributed by atoms with Crippen LogP contribution in [0.15, 0.2) is 0 Å². The van der Waals surface area contributed by atoms with Crippen LogP contribution in [0.3, 0.4) is 0 Å². The van der Waals surface area contributed by atoms with E-state index in [9.17, 15) is 14.7 Å². The molecule has 0 aliphatic carbocycles. The van der Waals surface area contributed by atoms with Crippen molar-refractivity contribution in [2.24, 2.45) is 5.73 Å². The first-order valence-corrected chi connectivity index (χ1v) is 7.29. The van der Waals surface area contributed by atoms with E-state index in [4.69, 9.17) is 10.5 Å². The zero-order chi connectivity index (χ0) is 13.6. The summed E-state index contributed by atoms with van der Waals surface area (Å²) < 4.78 is 5.13. The largest absolute Gasteiger partial charge is 0.480 e. The summed E-state index contributed by atoms with van der Waals surface area (Å²) in [6.45, 7) is 0.680. The molecule has 0 saturated carbocycles. The first-order chi connectivity index (χ1) is 8.52. The number of carbonyl (C=O) groups is 2. The number of aliphatic carboxylic acids is 1. The van der Waals surface area contributed by atoms with Crippen molar-refractivity contribution in [3.63, 3.8) is 0 Å². The Kier molecular flexibility index (Phi) is 5.90. The molecule has 0 bridgehead atoms. The number of carboxylic acid groups (broad SMARTS) is 1. The fraction of sp³-hybridized carbons (Fsp3) is 0.818. The number of nitrogens with one attached hydrogen (secondary N) is 1. The molecule has 1 aliphatic rings. The lowest BCUT2D eigenvalue weighted by Crippen LogP contribution is -2.60. The zero-order valence-electron chi connectivity index (χ0n) is 10.5. The second kappa shape index (κ2) is 6.96. The number of amides is 1. The molecule has 4 N–H and O–H groups in total. The maximum atomic E-state index is 11.9. The summed E-state index contributed by atoms with van der Waals surface area (Å²) in [5, 5.41) is 11.9. The third-order valence-electron chi connectivity index (χ3n) is 3.09. The smallest absolute Gasteiger partial charge is 0.329 e. The van der Waals surface area contributed by atoms with E-state index in [1.165, 1.54) is 0 Å². The van der Waals surface area contributed by atoms with Crippen LogP contribution >= 0.6 is 11.8 Å². The molecule has 0 aromatic rings. The van der Waals surface area contributed by atoms with Crippen LogP contribution in [0.2, 0.25) is 0 Å². The van der Waals surface area contributed by atoms with Crippen molar-refractivity contribution in [3.05, 3.63) is 0 Å². The van der Waals surface area contributed by atoms with Gasteiger partial charge < -0.3 is 20.9 Å². The van der Waals surface area contributed by atoms with E-state index in [1.54, 1.807) is 11.8 Å². The van der Waals surface area contributed by atoms with Gasteiger partial charge in [0.2, 0.25) is 5.91 Å². The minimum absolute atomic E-state index is 0.281. The normalized spacial score (nSPS) is 20.1. The standard InChI is InChI=1S/C11H20N2O4S/c1-18-7-2-8(12)9(14)13-11(10(15)16)3-5-17-6-4-11/h8H,2-7,12H2,1H3,(H,13,14)(H,15,16)/t8-/m1/s1. The Hall–Kier alpha value is -0.790. The van der Waals surface area contributed by atoms with Crippen molar-refractivity contribution in [2.75, 3.05) is 25.2 Å². The van der Waals surface area contributed by atoms with Gasteiger partial charge in [-0.1, -0.05) is 0 Å².